The zero-order chi connectivity index (χ0) is 24.7. The molecule has 0 fully saturated rings. The lowest BCUT2D eigenvalue weighted by atomic mass is 10.1. The van der Waals surface area contributed by atoms with Crippen LogP contribution in [0, 0.1) is 0 Å². The van der Waals surface area contributed by atoms with Gasteiger partial charge in [-0.25, -0.2) is 4.98 Å². The molecule has 2 atom stereocenters. The largest absolute Gasteiger partial charge is 0.481 e. The third-order valence-electron chi connectivity index (χ3n) is 5.02. The monoisotopic (exact) mass is 502 g/mol. The smallest absolute Gasteiger partial charge is 0.321 e. The van der Waals surface area contributed by atoms with Gasteiger partial charge >= 0.3 is 5.97 Å². The van der Waals surface area contributed by atoms with Crippen LogP contribution in [-0.4, -0.2) is 46.3 Å². The van der Waals surface area contributed by atoms with Crippen LogP contribution in [0.25, 0.3) is 6.08 Å². The first-order valence-corrected chi connectivity index (χ1v) is 11.0. The minimum atomic E-state index is -1.33. The molecule has 0 aliphatic carbocycles. The van der Waals surface area contributed by atoms with Crippen molar-refractivity contribution in [1.82, 2.24) is 15.3 Å². The van der Waals surface area contributed by atoms with Crippen LogP contribution in [0.4, 0.5) is 11.6 Å². The summed E-state index contributed by atoms with van der Waals surface area (Å²) in [4.78, 5) is 22.1. The fourth-order valence-electron chi connectivity index (χ4n) is 3.16. The predicted octanol–water partition coefficient (Wildman–Crippen LogP) is 4.70. The summed E-state index contributed by atoms with van der Waals surface area (Å²) in [7, 11) is 3.39. The lowest BCUT2D eigenvalue weighted by molar-refractivity contribution is -0.140. The number of hydrogen-bond acceptors (Lipinski definition) is 7. The van der Waals surface area contributed by atoms with Crippen LogP contribution in [0.5, 0.6) is 5.88 Å². The minimum Gasteiger partial charge on any atom is -0.481 e. The normalized spacial score (nSPS) is 13.0. The van der Waals surface area contributed by atoms with E-state index < -0.39 is 18.2 Å². The number of rotatable bonds is 10. The van der Waals surface area contributed by atoms with Gasteiger partial charge in [0.15, 0.2) is 0 Å². The fourth-order valence-corrected chi connectivity index (χ4v) is 3.76. The number of nitrogens with zero attached hydrogens (tertiary/aromatic N) is 3. The van der Waals surface area contributed by atoms with Crippen molar-refractivity contribution in [2.45, 2.75) is 18.7 Å². The highest BCUT2D eigenvalue weighted by Crippen LogP contribution is 2.29. The Morgan fingerprint density at radius 2 is 1.85 bits per heavy atom. The molecule has 0 bridgehead atoms. The minimum absolute atomic E-state index is 0.133. The van der Waals surface area contributed by atoms with Crippen molar-refractivity contribution in [3.63, 3.8) is 0 Å². The number of aliphatic hydroxyl groups is 1. The SMILES string of the molecule is COc1ccnc(N(C)c2ccc(/C=C/CC(NC(O)c3c(Cl)cccc3Cl)C(=O)O)cc2)n1. The topological polar surface area (TPSA) is 108 Å². The van der Waals surface area contributed by atoms with Crippen molar-refractivity contribution in [3.8, 4) is 5.88 Å². The summed E-state index contributed by atoms with van der Waals surface area (Å²) < 4.78 is 5.14. The molecule has 3 aromatic rings. The zero-order valence-electron chi connectivity index (χ0n) is 18.5. The fraction of sp³-hybridized carbons (Fsp3) is 0.208. The molecule has 178 valence electrons. The van der Waals surface area contributed by atoms with E-state index in [2.05, 4.69) is 15.3 Å². The van der Waals surface area contributed by atoms with Gasteiger partial charge in [-0.15, -0.1) is 0 Å². The van der Waals surface area contributed by atoms with Gasteiger partial charge in [0.05, 0.1) is 7.11 Å². The molecule has 0 spiro atoms. The molecular weight excluding hydrogens is 479 g/mol. The van der Waals surface area contributed by atoms with E-state index in [1.165, 1.54) is 0 Å². The number of halogens is 2. The molecule has 1 heterocycles. The first-order chi connectivity index (χ1) is 16.3. The standard InChI is InChI=1S/C24H24Cl2N4O4/c1-30(24-27-14-13-20(29-24)34-2)16-11-9-15(10-12-16)5-3-8-19(23(32)33)28-22(31)21-17(25)6-4-7-18(21)26/h3-7,9-14,19,22,28,31H,8H2,1-2H3,(H,32,33)/b5-3+. The van der Waals surface area contributed by atoms with Crippen molar-refractivity contribution in [3.05, 3.63) is 82.0 Å². The summed E-state index contributed by atoms with van der Waals surface area (Å²) in [5, 5.41) is 23.1. The molecule has 0 amide bonds. The maximum atomic E-state index is 11.7. The summed E-state index contributed by atoms with van der Waals surface area (Å²) in [6.45, 7) is 0. The third-order valence-corrected chi connectivity index (χ3v) is 5.68. The van der Waals surface area contributed by atoms with Gasteiger partial charge in [-0.05, 0) is 36.2 Å². The summed E-state index contributed by atoms with van der Waals surface area (Å²) in [5.74, 6) is -0.141. The second-order valence-electron chi connectivity index (χ2n) is 7.28. The van der Waals surface area contributed by atoms with Crippen molar-refractivity contribution < 1.29 is 19.7 Å². The van der Waals surface area contributed by atoms with Gasteiger partial charge in [0.25, 0.3) is 0 Å². The second-order valence-corrected chi connectivity index (χ2v) is 8.10. The van der Waals surface area contributed by atoms with E-state index in [1.807, 2.05) is 36.2 Å². The van der Waals surface area contributed by atoms with Gasteiger partial charge in [-0.3, -0.25) is 10.1 Å². The Balaban J connectivity index is 1.64. The van der Waals surface area contributed by atoms with E-state index >= 15 is 0 Å². The molecule has 2 unspecified atom stereocenters. The van der Waals surface area contributed by atoms with E-state index in [9.17, 15) is 15.0 Å². The summed E-state index contributed by atoms with van der Waals surface area (Å²) in [5.41, 5.74) is 1.98. The van der Waals surface area contributed by atoms with Crippen LogP contribution in [-0.2, 0) is 4.79 Å². The van der Waals surface area contributed by atoms with Crippen LogP contribution < -0.4 is 15.0 Å². The lowest BCUT2D eigenvalue weighted by Crippen LogP contribution is -2.39. The van der Waals surface area contributed by atoms with Gasteiger partial charge in [-0.1, -0.05) is 53.6 Å². The van der Waals surface area contributed by atoms with Crippen LogP contribution in [0.2, 0.25) is 10.0 Å². The van der Waals surface area contributed by atoms with Gasteiger partial charge in [0.2, 0.25) is 11.8 Å². The van der Waals surface area contributed by atoms with Gasteiger partial charge in [0.1, 0.15) is 12.3 Å². The zero-order valence-corrected chi connectivity index (χ0v) is 20.0. The first kappa shape index (κ1) is 25.5. The third kappa shape index (κ3) is 6.45. The van der Waals surface area contributed by atoms with Crippen LogP contribution in [0.3, 0.4) is 0 Å². The Labute approximate surface area is 207 Å². The number of nitrogens with one attached hydrogen (secondary N) is 1. The van der Waals surface area contributed by atoms with Crippen LogP contribution in [0.1, 0.15) is 23.8 Å². The number of methoxy groups -OCH3 is 1. The molecular formula is C24H24Cl2N4O4. The maximum absolute atomic E-state index is 11.7. The molecule has 0 aliphatic heterocycles. The Bertz CT molecular complexity index is 1140. The van der Waals surface area contributed by atoms with E-state index in [0.29, 0.717) is 11.8 Å². The van der Waals surface area contributed by atoms with Crippen molar-refractivity contribution >= 4 is 46.9 Å². The van der Waals surface area contributed by atoms with Crippen LogP contribution >= 0.6 is 23.2 Å². The number of aliphatic carboxylic acids is 1. The molecule has 0 saturated heterocycles. The van der Waals surface area contributed by atoms with E-state index in [1.54, 1.807) is 49.7 Å². The second kappa shape index (κ2) is 11.8. The highest BCUT2D eigenvalue weighted by Gasteiger charge is 2.23. The molecule has 34 heavy (non-hydrogen) atoms. The highest BCUT2D eigenvalue weighted by atomic mass is 35.5. The molecule has 3 rings (SSSR count). The highest BCUT2D eigenvalue weighted by molar-refractivity contribution is 6.36. The molecule has 1 aromatic heterocycles. The molecule has 2 aromatic carbocycles. The Morgan fingerprint density at radius 3 is 2.47 bits per heavy atom. The average molecular weight is 503 g/mol. The Kier molecular flexibility index (Phi) is 8.84. The summed E-state index contributed by atoms with van der Waals surface area (Å²) in [6.07, 6.45) is 3.95. The summed E-state index contributed by atoms with van der Waals surface area (Å²) in [6, 6.07) is 13.0. The van der Waals surface area contributed by atoms with Crippen molar-refractivity contribution in [2.75, 3.05) is 19.1 Å². The molecule has 10 heteroatoms. The first-order valence-electron chi connectivity index (χ1n) is 10.3. The number of ether oxygens (including phenoxy) is 1. The van der Waals surface area contributed by atoms with Crippen LogP contribution in [0.15, 0.2) is 60.8 Å². The predicted molar refractivity (Wildman–Crippen MR) is 133 cm³/mol. The van der Waals surface area contributed by atoms with E-state index in [0.717, 1.165) is 11.3 Å². The van der Waals surface area contributed by atoms with Gasteiger partial charge in [0, 0.05) is 40.6 Å². The average Bonchev–Trinajstić information content (AvgIpc) is 2.83. The van der Waals surface area contributed by atoms with Gasteiger partial charge in [-0.2, -0.15) is 4.98 Å². The van der Waals surface area contributed by atoms with E-state index in [4.69, 9.17) is 27.9 Å². The van der Waals surface area contributed by atoms with Crippen molar-refractivity contribution in [2.24, 2.45) is 0 Å². The molecule has 8 nitrogen and oxygen atoms in total. The molecule has 3 N–H and O–H groups in total. The molecule has 0 saturated carbocycles. The number of hydrogen-bond donors (Lipinski definition) is 3. The molecule has 0 aliphatic rings. The maximum Gasteiger partial charge on any atom is 0.321 e. The number of carboxylic acids is 1. The number of benzene rings is 2. The molecule has 0 radical (unpaired) electrons. The summed E-state index contributed by atoms with van der Waals surface area (Å²) >= 11 is 12.2. The Hall–Kier alpha value is -3.17. The van der Waals surface area contributed by atoms with Gasteiger partial charge < -0.3 is 19.8 Å². The quantitative estimate of drug-likeness (QED) is 0.342. The number of anilines is 2. The Morgan fingerprint density at radius 1 is 1.18 bits per heavy atom. The number of carbonyl (C=O) groups is 1. The number of aromatic nitrogens is 2. The lowest BCUT2D eigenvalue weighted by Gasteiger charge is -2.20. The van der Waals surface area contributed by atoms with Crippen molar-refractivity contribution in [1.29, 1.82) is 0 Å². The van der Waals surface area contributed by atoms with E-state index in [-0.39, 0.29) is 22.0 Å². The number of aliphatic hydroxyl groups excluding tert-OH is 1. The number of carboxylic acid groups (broad SMARTS) is 1.